The molecule has 1 amide bonds. The summed E-state index contributed by atoms with van der Waals surface area (Å²) in [6.45, 7) is 0.942. The predicted molar refractivity (Wildman–Crippen MR) is 93.5 cm³/mol. The van der Waals surface area contributed by atoms with Gasteiger partial charge in [-0.1, -0.05) is 23.5 Å². The second-order valence-electron chi connectivity index (χ2n) is 5.90. The molecular formula is C18H12F4N2O3S. The molecule has 0 saturated heterocycles. The number of carbonyl (C=O) groups excluding carboxylic acids is 1. The van der Waals surface area contributed by atoms with Gasteiger partial charge in [-0.05, 0) is 36.8 Å². The molecule has 0 radical (unpaired) electrons. The minimum atomic E-state index is -4.63. The number of benzene rings is 2. The standard InChI is InChI=1S/C18H12F4N2O3S/c1-9-5-6-12-15(14(9)19)28-17(24(12)8-13(25)26)23-16(27)10-3-2-4-11(7-10)18(20,21)22/h2-7H,8H2,1H3,(H,25,26). The van der Waals surface area contributed by atoms with Crippen LogP contribution in [0, 0.1) is 12.7 Å². The molecule has 1 aromatic heterocycles. The van der Waals surface area contributed by atoms with Crippen LogP contribution in [0.1, 0.15) is 21.5 Å². The van der Waals surface area contributed by atoms with Crippen LogP contribution in [0.15, 0.2) is 41.4 Å². The van der Waals surface area contributed by atoms with Crippen molar-refractivity contribution >= 4 is 33.4 Å². The highest BCUT2D eigenvalue weighted by Crippen LogP contribution is 2.29. The summed E-state index contributed by atoms with van der Waals surface area (Å²) in [7, 11) is 0. The molecule has 0 spiro atoms. The van der Waals surface area contributed by atoms with Crippen molar-refractivity contribution in [3.05, 3.63) is 63.7 Å². The highest BCUT2D eigenvalue weighted by atomic mass is 32.1. The predicted octanol–water partition coefficient (Wildman–Crippen LogP) is 3.99. The number of amides is 1. The lowest BCUT2D eigenvalue weighted by atomic mass is 10.1. The number of alkyl halides is 3. The summed E-state index contributed by atoms with van der Waals surface area (Å²) < 4.78 is 54.1. The van der Waals surface area contributed by atoms with Crippen LogP contribution >= 0.6 is 11.3 Å². The third kappa shape index (κ3) is 3.81. The Bertz CT molecular complexity index is 1160. The van der Waals surface area contributed by atoms with Crippen LogP contribution in [-0.2, 0) is 17.5 Å². The van der Waals surface area contributed by atoms with Gasteiger partial charge in [-0.3, -0.25) is 9.59 Å². The van der Waals surface area contributed by atoms with Crippen molar-refractivity contribution in [3.63, 3.8) is 0 Å². The maximum Gasteiger partial charge on any atom is 0.416 e. The first-order valence-corrected chi connectivity index (χ1v) is 8.66. The number of hydrogen-bond donors (Lipinski definition) is 1. The van der Waals surface area contributed by atoms with Crippen LogP contribution in [0.25, 0.3) is 10.2 Å². The molecule has 0 unspecified atom stereocenters. The monoisotopic (exact) mass is 412 g/mol. The van der Waals surface area contributed by atoms with E-state index in [2.05, 4.69) is 4.99 Å². The number of carboxylic acid groups (broad SMARTS) is 1. The molecule has 0 aliphatic carbocycles. The van der Waals surface area contributed by atoms with Crippen LogP contribution in [0.2, 0.25) is 0 Å². The molecule has 1 N–H and O–H groups in total. The molecule has 146 valence electrons. The SMILES string of the molecule is Cc1ccc2c(sc(=NC(=O)c3cccc(C(F)(F)F)c3)n2CC(=O)O)c1F. The fourth-order valence-corrected chi connectivity index (χ4v) is 3.67. The van der Waals surface area contributed by atoms with Crippen LogP contribution in [0.3, 0.4) is 0 Å². The lowest BCUT2D eigenvalue weighted by molar-refractivity contribution is -0.138. The van der Waals surface area contributed by atoms with E-state index in [1.807, 2.05) is 0 Å². The Balaban J connectivity index is 2.17. The maximum absolute atomic E-state index is 14.4. The van der Waals surface area contributed by atoms with Gasteiger partial charge in [-0.15, -0.1) is 0 Å². The summed E-state index contributed by atoms with van der Waals surface area (Å²) >= 11 is 0.754. The van der Waals surface area contributed by atoms with Gasteiger partial charge in [0, 0.05) is 5.56 Å². The molecule has 3 aromatic rings. The molecular weight excluding hydrogens is 400 g/mol. The number of aryl methyl sites for hydroxylation is 1. The van der Waals surface area contributed by atoms with E-state index in [0.717, 1.165) is 28.0 Å². The van der Waals surface area contributed by atoms with Crippen LogP contribution in [0.5, 0.6) is 0 Å². The quantitative estimate of drug-likeness (QED) is 0.661. The summed E-state index contributed by atoms with van der Waals surface area (Å²) in [6.07, 6.45) is -4.63. The third-order valence-electron chi connectivity index (χ3n) is 3.91. The van der Waals surface area contributed by atoms with Crippen molar-refractivity contribution < 1.29 is 32.3 Å². The molecule has 0 aliphatic rings. The second kappa shape index (κ2) is 7.19. The zero-order valence-electron chi connectivity index (χ0n) is 14.2. The number of halogens is 4. The van der Waals surface area contributed by atoms with Gasteiger partial charge in [0.1, 0.15) is 12.4 Å². The number of thiazole rings is 1. The molecule has 0 aliphatic heterocycles. The van der Waals surface area contributed by atoms with E-state index in [9.17, 15) is 27.2 Å². The van der Waals surface area contributed by atoms with Crippen LogP contribution in [0.4, 0.5) is 17.6 Å². The van der Waals surface area contributed by atoms with Crippen molar-refractivity contribution in [2.24, 2.45) is 4.99 Å². The Labute approximate surface area is 159 Å². The largest absolute Gasteiger partial charge is 0.480 e. The van der Waals surface area contributed by atoms with E-state index in [4.69, 9.17) is 5.11 Å². The Hall–Kier alpha value is -3.01. The highest BCUT2D eigenvalue weighted by Gasteiger charge is 2.30. The molecule has 2 aromatic carbocycles. The normalized spacial score (nSPS) is 12.5. The number of aromatic nitrogens is 1. The maximum atomic E-state index is 14.4. The van der Waals surface area contributed by atoms with Gasteiger partial charge in [0.05, 0.1) is 15.8 Å². The van der Waals surface area contributed by atoms with Gasteiger partial charge in [0.15, 0.2) is 4.80 Å². The average Bonchev–Trinajstić information content (AvgIpc) is 2.95. The molecule has 0 fully saturated rings. The molecule has 3 rings (SSSR count). The summed E-state index contributed by atoms with van der Waals surface area (Å²) in [6, 6.07) is 6.68. The Kier molecular flexibility index (Phi) is 5.07. The molecule has 5 nitrogen and oxygen atoms in total. The Morgan fingerprint density at radius 3 is 2.57 bits per heavy atom. The van der Waals surface area contributed by atoms with E-state index < -0.39 is 36.0 Å². The highest BCUT2D eigenvalue weighted by molar-refractivity contribution is 7.16. The Morgan fingerprint density at radius 2 is 1.93 bits per heavy atom. The van der Waals surface area contributed by atoms with Gasteiger partial charge in [-0.2, -0.15) is 18.2 Å². The number of hydrogen-bond acceptors (Lipinski definition) is 3. The van der Waals surface area contributed by atoms with Crippen molar-refractivity contribution in [1.82, 2.24) is 4.57 Å². The molecule has 0 bridgehead atoms. The minimum absolute atomic E-state index is 0.108. The summed E-state index contributed by atoms with van der Waals surface area (Å²) in [5.41, 5.74) is -0.770. The number of aliphatic carboxylic acids is 1. The van der Waals surface area contributed by atoms with E-state index >= 15 is 0 Å². The van der Waals surface area contributed by atoms with Crippen molar-refractivity contribution in [2.75, 3.05) is 0 Å². The molecule has 28 heavy (non-hydrogen) atoms. The van der Waals surface area contributed by atoms with E-state index in [-0.39, 0.29) is 20.6 Å². The van der Waals surface area contributed by atoms with Gasteiger partial charge >= 0.3 is 12.1 Å². The summed E-state index contributed by atoms with van der Waals surface area (Å²) in [5, 5.41) is 9.11. The van der Waals surface area contributed by atoms with Gasteiger partial charge in [0.25, 0.3) is 5.91 Å². The smallest absolute Gasteiger partial charge is 0.416 e. The van der Waals surface area contributed by atoms with Gasteiger partial charge in [-0.25, -0.2) is 4.39 Å². The third-order valence-corrected chi connectivity index (χ3v) is 5.00. The first kappa shape index (κ1) is 19.7. The first-order chi connectivity index (χ1) is 13.1. The minimum Gasteiger partial charge on any atom is -0.480 e. The average molecular weight is 412 g/mol. The van der Waals surface area contributed by atoms with Gasteiger partial charge in [0.2, 0.25) is 0 Å². The number of fused-ring (bicyclic) bond motifs is 1. The molecule has 0 saturated carbocycles. The zero-order chi connectivity index (χ0) is 20.6. The number of carbonyl (C=O) groups is 2. The lowest BCUT2D eigenvalue weighted by Gasteiger charge is -2.06. The van der Waals surface area contributed by atoms with Crippen molar-refractivity contribution in [2.45, 2.75) is 19.6 Å². The first-order valence-electron chi connectivity index (χ1n) is 7.84. The lowest BCUT2D eigenvalue weighted by Crippen LogP contribution is -2.21. The fraction of sp³-hybridized carbons (Fsp3) is 0.167. The molecule has 10 heteroatoms. The van der Waals surface area contributed by atoms with Crippen molar-refractivity contribution in [1.29, 1.82) is 0 Å². The number of rotatable bonds is 3. The van der Waals surface area contributed by atoms with Crippen LogP contribution < -0.4 is 4.80 Å². The summed E-state index contributed by atoms with van der Waals surface area (Å²) in [4.78, 5) is 27.2. The summed E-state index contributed by atoms with van der Waals surface area (Å²) in [5.74, 6) is -2.81. The van der Waals surface area contributed by atoms with E-state index in [0.29, 0.717) is 11.6 Å². The zero-order valence-corrected chi connectivity index (χ0v) is 15.1. The fourth-order valence-electron chi connectivity index (χ4n) is 2.55. The topological polar surface area (TPSA) is 71.7 Å². The van der Waals surface area contributed by atoms with Gasteiger partial charge < -0.3 is 9.67 Å². The Morgan fingerprint density at radius 1 is 1.21 bits per heavy atom. The van der Waals surface area contributed by atoms with E-state index in [1.54, 1.807) is 0 Å². The van der Waals surface area contributed by atoms with E-state index in [1.165, 1.54) is 25.1 Å². The number of nitrogens with zero attached hydrogens (tertiary/aromatic N) is 2. The molecule has 1 heterocycles. The number of carboxylic acids is 1. The molecule has 0 atom stereocenters. The van der Waals surface area contributed by atoms with Crippen molar-refractivity contribution in [3.8, 4) is 0 Å². The second-order valence-corrected chi connectivity index (χ2v) is 6.88. The van der Waals surface area contributed by atoms with Crippen LogP contribution in [-0.4, -0.2) is 21.6 Å².